The minimum absolute atomic E-state index is 0.108. The van der Waals surface area contributed by atoms with Crippen LogP contribution in [0, 0.1) is 12.7 Å². The summed E-state index contributed by atoms with van der Waals surface area (Å²) in [6.45, 7) is 1.74. The van der Waals surface area contributed by atoms with Crippen molar-refractivity contribution in [1.29, 1.82) is 0 Å². The molecule has 0 spiro atoms. The number of aliphatic hydroxyl groups excluding tert-OH is 1. The lowest BCUT2D eigenvalue weighted by Gasteiger charge is -2.23. The molecule has 1 atom stereocenters. The summed E-state index contributed by atoms with van der Waals surface area (Å²) >= 11 is 0. The van der Waals surface area contributed by atoms with Crippen molar-refractivity contribution in [2.75, 3.05) is 4.90 Å². The van der Waals surface area contributed by atoms with E-state index >= 15 is 0 Å². The van der Waals surface area contributed by atoms with Gasteiger partial charge < -0.3 is 9.52 Å². The van der Waals surface area contributed by atoms with Crippen molar-refractivity contribution in [1.82, 2.24) is 0 Å². The topological polar surface area (TPSA) is 70.8 Å². The van der Waals surface area contributed by atoms with Gasteiger partial charge >= 0.3 is 0 Å². The zero-order chi connectivity index (χ0) is 22.4. The number of aryl methyl sites for hydroxylation is 1. The van der Waals surface area contributed by atoms with E-state index in [1.54, 1.807) is 31.2 Å². The molecule has 0 aliphatic carbocycles. The summed E-state index contributed by atoms with van der Waals surface area (Å²) < 4.78 is 19.7. The number of Topliss-reactive ketones (excluding diaryl/α,β-unsaturated/α-hetero) is 1. The molecule has 4 aromatic rings. The Morgan fingerprint density at radius 3 is 2.44 bits per heavy atom. The van der Waals surface area contributed by atoms with Gasteiger partial charge in [-0.2, -0.15) is 0 Å². The molecule has 1 aliphatic heterocycles. The summed E-state index contributed by atoms with van der Waals surface area (Å²) in [6, 6.07) is 20.6. The molecule has 2 heterocycles. The van der Waals surface area contributed by atoms with E-state index in [4.69, 9.17) is 4.42 Å². The Bertz CT molecular complexity index is 1420. The Labute approximate surface area is 183 Å². The van der Waals surface area contributed by atoms with Gasteiger partial charge in [0.25, 0.3) is 11.7 Å². The predicted octanol–water partition coefficient (Wildman–Crippen LogP) is 5.51. The first-order valence-electron chi connectivity index (χ1n) is 10.1. The highest BCUT2D eigenvalue weighted by atomic mass is 19.1. The Morgan fingerprint density at radius 1 is 0.938 bits per heavy atom. The van der Waals surface area contributed by atoms with E-state index in [1.807, 2.05) is 30.3 Å². The molecule has 1 aliphatic rings. The number of carbonyl (C=O) groups is 2. The van der Waals surface area contributed by atoms with Crippen molar-refractivity contribution in [3.05, 3.63) is 107 Å². The molecule has 0 saturated carbocycles. The number of carbonyl (C=O) groups excluding carboxylic acids is 2. The highest BCUT2D eigenvalue weighted by Crippen LogP contribution is 2.42. The predicted molar refractivity (Wildman–Crippen MR) is 119 cm³/mol. The number of amides is 1. The molecular weight excluding hydrogens is 409 g/mol. The summed E-state index contributed by atoms with van der Waals surface area (Å²) in [5.74, 6) is -1.71. The fourth-order valence-electron chi connectivity index (χ4n) is 4.09. The van der Waals surface area contributed by atoms with Crippen LogP contribution in [0.4, 0.5) is 10.1 Å². The molecule has 0 radical (unpaired) electrons. The molecule has 1 unspecified atom stereocenters. The first kappa shape index (κ1) is 19.8. The Balaban J connectivity index is 1.73. The maximum Gasteiger partial charge on any atom is 0.300 e. The van der Waals surface area contributed by atoms with Crippen molar-refractivity contribution >= 4 is 33.9 Å². The highest BCUT2D eigenvalue weighted by Gasteiger charge is 2.48. The number of fused-ring (bicyclic) bond motifs is 1. The third-order valence-electron chi connectivity index (χ3n) is 5.58. The SMILES string of the molecule is Cc1ccc(C2/C(=C(/O)c3ccc4ccccc4c3)C(=O)C(=O)N2c2cccc(F)c2)o1. The molecule has 5 nitrogen and oxygen atoms in total. The molecule has 0 bridgehead atoms. The van der Waals surface area contributed by atoms with Gasteiger partial charge in [-0.1, -0.05) is 42.5 Å². The molecule has 6 heteroatoms. The number of anilines is 1. The molecular formula is C26H18FNO4. The van der Waals surface area contributed by atoms with Gasteiger partial charge in [0.2, 0.25) is 0 Å². The fraction of sp³-hybridized carbons (Fsp3) is 0.0769. The third kappa shape index (κ3) is 3.17. The van der Waals surface area contributed by atoms with E-state index in [0.717, 1.165) is 15.7 Å². The van der Waals surface area contributed by atoms with Crippen LogP contribution in [-0.4, -0.2) is 16.8 Å². The van der Waals surface area contributed by atoms with E-state index in [9.17, 15) is 19.1 Å². The van der Waals surface area contributed by atoms with E-state index in [2.05, 4.69) is 0 Å². The number of nitrogens with zero attached hydrogens (tertiary/aromatic N) is 1. The average Bonchev–Trinajstić information content (AvgIpc) is 3.33. The number of hydrogen-bond donors (Lipinski definition) is 1. The molecule has 32 heavy (non-hydrogen) atoms. The van der Waals surface area contributed by atoms with Gasteiger partial charge in [0.15, 0.2) is 0 Å². The standard InChI is InChI=1S/C26H18FNO4/c1-15-9-12-21(32-15)23-22(24(29)18-11-10-16-5-2-3-6-17(16)13-18)25(30)26(31)28(23)20-8-4-7-19(27)14-20/h2-14,23,29H,1H3/b24-22-. The second-order valence-electron chi connectivity index (χ2n) is 7.66. The monoisotopic (exact) mass is 427 g/mol. The molecule has 158 valence electrons. The van der Waals surface area contributed by atoms with E-state index in [-0.39, 0.29) is 17.0 Å². The summed E-state index contributed by atoms with van der Waals surface area (Å²) in [6.07, 6.45) is 0. The van der Waals surface area contributed by atoms with Crippen LogP contribution < -0.4 is 4.90 Å². The fourth-order valence-corrected chi connectivity index (χ4v) is 4.09. The van der Waals surface area contributed by atoms with Gasteiger partial charge in [-0.05, 0) is 54.1 Å². The molecule has 1 aromatic heterocycles. The number of ketones is 1. The lowest BCUT2D eigenvalue weighted by Crippen LogP contribution is -2.29. The second kappa shape index (κ2) is 7.50. The Hall–Kier alpha value is -4.19. The quantitative estimate of drug-likeness (QED) is 0.266. The van der Waals surface area contributed by atoms with Crippen molar-refractivity contribution < 1.29 is 23.5 Å². The number of rotatable bonds is 3. The minimum atomic E-state index is -1.03. The number of hydrogen-bond acceptors (Lipinski definition) is 4. The highest BCUT2D eigenvalue weighted by molar-refractivity contribution is 6.51. The third-order valence-corrected chi connectivity index (χ3v) is 5.58. The number of furan rings is 1. The Kier molecular flexibility index (Phi) is 4.63. The maximum absolute atomic E-state index is 13.9. The van der Waals surface area contributed by atoms with E-state index in [1.165, 1.54) is 24.3 Å². The maximum atomic E-state index is 13.9. The zero-order valence-electron chi connectivity index (χ0n) is 17.1. The molecule has 1 N–H and O–H groups in total. The molecule has 3 aromatic carbocycles. The van der Waals surface area contributed by atoms with Gasteiger partial charge in [0, 0.05) is 11.3 Å². The van der Waals surface area contributed by atoms with Crippen molar-refractivity contribution in [3.63, 3.8) is 0 Å². The average molecular weight is 427 g/mol. The minimum Gasteiger partial charge on any atom is -0.507 e. The first-order valence-corrected chi connectivity index (χ1v) is 10.1. The van der Waals surface area contributed by atoms with Gasteiger partial charge in [-0.15, -0.1) is 0 Å². The van der Waals surface area contributed by atoms with Gasteiger partial charge in [0.1, 0.15) is 29.1 Å². The van der Waals surface area contributed by atoms with Crippen LogP contribution in [0.25, 0.3) is 16.5 Å². The molecule has 1 fully saturated rings. The molecule has 5 rings (SSSR count). The van der Waals surface area contributed by atoms with Crippen LogP contribution in [0.15, 0.2) is 88.9 Å². The zero-order valence-corrected chi connectivity index (χ0v) is 17.1. The smallest absolute Gasteiger partial charge is 0.300 e. The van der Waals surface area contributed by atoms with E-state index in [0.29, 0.717) is 17.1 Å². The summed E-state index contributed by atoms with van der Waals surface area (Å²) in [7, 11) is 0. The molecule has 1 saturated heterocycles. The van der Waals surface area contributed by atoms with Crippen molar-refractivity contribution in [3.8, 4) is 0 Å². The lowest BCUT2D eigenvalue weighted by atomic mass is 9.97. The lowest BCUT2D eigenvalue weighted by molar-refractivity contribution is -0.132. The van der Waals surface area contributed by atoms with Gasteiger partial charge in [-0.25, -0.2) is 4.39 Å². The van der Waals surface area contributed by atoms with Crippen molar-refractivity contribution in [2.24, 2.45) is 0 Å². The van der Waals surface area contributed by atoms with Crippen LogP contribution >= 0.6 is 0 Å². The summed E-state index contributed by atoms with van der Waals surface area (Å²) in [5.41, 5.74) is 0.488. The number of benzene rings is 3. The normalized spacial score (nSPS) is 17.9. The van der Waals surface area contributed by atoms with Crippen LogP contribution in [0.2, 0.25) is 0 Å². The van der Waals surface area contributed by atoms with Gasteiger partial charge in [-0.3, -0.25) is 14.5 Å². The largest absolute Gasteiger partial charge is 0.507 e. The number of aliphatic hydroxyl groups is 1. The van der Waals surface area contributed by atoms with Crippen LogP contribution in [0.5, 0.6) is 0 Å². The summed E-state index contributed by atoms with van der Waals surface area (Å²) in [5, 5.41) is 13.0. The van der Waals surface area contributed by atoms with Crippen LogP contribution in [-0.2, 0) is 9.59 Å². The van der Waals surface area contributed by atoms with Crippen LogP contribution in [0.3, 0.4) is 0 Å². The van der Waals surface area contributed by atoms with E-state index < -0.39 is 23.5 Å². The van der Waals surface area contributed by atoms with Crippen LogP contribution in [0.1, 0.15) is 23.1 Å². The number of halogens is 1. The molecule has 1 amide bonds. The summed E-state index contributed by atoms with van der Waals surface area (Å²) in [4.78, 5) is 27.3. The Morgan fingerprint density at radius 2 is 1.72 bits per heavy atom. The van der Waals surface area contributed by atoms with Gasteiger partial charge in [0.05, 0.1) is 5.57 Å². The second-order valence-corrected chi connectivity index (χ2v) is 7.66. The first-order chi connectivity index (χ1) is 15.4. The van der Waals surface area contributed by atoms with Crippen molar-refractivity contribution in [2.45, 2.75) is 13.0 Å².